The van der Waals surface area contributed by atoms with Crippen molar-refractivity contribution in [1.82, 2.24) is 5.32 Å². The topological polar surface area (TPSA) is 41.5 Å². The van der Waals surface area contributed by atoms with Crippen LogP contribution >= 0.6 is 0 Å². The van der Waals surface area contributed by atoms with E-state index in [-0.39, 0.29) is 0 Å². The zero-order chi connectivity index (χ0) is 6.04. The minimum Gasteiger partial charge on any atom is -0.364 e. The van der Waals surface area contributed by atoms with E-state index in [1.54, 1.807) is 0 Å². The van der Waals surface area contributed by atoms with Gasteiger partial charge in [-0.1, -0.05) is 0 Å². The molecule has 0 amide bonds. The summed E-state index contributed by atoms with van der Waals surface area (Å²) in [5.74, 6) is -0.875. The molecule has 0 spiro atoms. The van der Waals surface area contributed by atoms with Gasteiger partial charge in [-0.15, -0.1) is 0 Å². The van der Waals surface area contributed by atoms with E-state index in [0.29, 0.717) is 13.0 Å². The lowest BCUT2D eigenvalue weighted by Crippen LogP contribution is -2.32. The number of nitrogens with one attached hydrogen (secondary N) is 1. The van der Waals surface area contributed by atoms with Crippen molar-refractivity contribution in [2.45, 2.75) is 12.2 Å². The summed E-state index contributed by atoms with van der Waals surface area (Å²) >= 11 is 0. The van der Waals surface area contributed by atoms with Crippen LogP contribution in [0.2, 0.25) is 0 Å². The number of hydrogen-bond donors (Lipinski definition) is 2. The number of aliphatic hydroxyl groups is 1. The van der Waals surface area contributed by atoms with E-state index in [0.717, 1.165) is 6.54 Å². The zero-order valence-electron chi connectivity index (χ0n) is 4.98. The fourth-order valence-electron chi connectivity index (χ4n) is 0.830. The molecule has 0 aromatic heterocycles. The Morgan fingerprint density at radius 1 is 1.75 bits per heavy atom. The Morgan fingerprint density at radius 3 is 2.75 bits per heavy atom. The van der Waals surface area contributed by atoms with E-state index in [1.165, 1.54) is 7.11 Å². The van der Waals surface area contributed by atoms with Crippen molar-refractivity contribution in [3.8, 4) is 0 Å². The molecule has 0 aromatic rings. The summed E-state index contributed by atoms with van der Waals surface area (Å²) in [7, 11) is 1.52. The maximum atomic E-state index is 9.22. The second-order valence-electron chi connectivity index (χ2n) is 2.08. The lowest BCUT2D eigenvalue weighted by atomic mass is 10.2. The molecule has 1 atom stereocenters. The first-order valence-corrected chi connectivity index (χ1v) is 2.75. The average Bonchev–Trinajstić information content (AvgIpc) is 2.17. The third-order valence-electron chi connectivity index (χ3n) is 1.47. The highest BCUT2D eigenvalue weighted by molar-refractivity contribution is 4.77. The van der Waals surface area contributed by atoms with Crippen LogP contribution in [0.3, 0.4) is 0 Å². The molecule has 0 radical (unpaired) electrons. The largest absolute Gasteiger partial charge is 0.364 e. The van der Waals surface area contributed by atoms with Crippen molar-refractivity contribution >= 4 is 0 Å². The Morgan fingerprint density at radius 2 is 2.50 bits per heavy atom. The van der Waals surface area contributed by atoms with Crippen LogP contribution in [0.4, 0.5) is 0 Å². The molecule has 1 unspecified atom stereocenters. The summed E-state index contributed by atoms with van der Waals surface area (Å²) in [6.45, 7) is 1.41. The number of rotatable bonds is 1. The standard InChI is InChI=1S/C5H11NO2/c1-8-5(7)2-3-6-4-5/h6-7H,2-4H2,1H3. The summed E-state index contributed by atoms with van der Waals surface area (Å²) in [6, 6.07) is 0. The molecule has 0 bridgehead atoms. The molecule has 0 aliphatic carbocycles. The third kappa shape index (κ3) is 0.992. The fraction of sp³-hybridized carbons (Fsp3) is 1.00. The van der Waals surface area contributed by atoms with E-state index in [2.05, 4.69) is 5.32 Å². The van der Waals surface area contributed by atoms with E-state index in [9.17, 15) is 5.11 Å². The van der Waals surface area contributed by atoms with Gasteiger partial charge in [-0.05, 0) is 0 Å². The van der Waals surface area contributed by atoms with Crippen molar-refractivity contribution in [1.29, 1.82) is 0 Å². The minimum absolute atomic E-state index is 0.559. The van der Waals surface area contributed by atoms with Gasteiger partial charge in [-0.3, -0.25) is 0 Å². The van der Waals surface area contributed by atoms with Crippen LogP contribution in [0.15, 0.2) is 0 Å². The summed E-state index contributed by atoms with van der Waals surface area (Å²) < 4.78 is 4.79. The van der Waals surface area contributed by atoms with Crippen molar-refractivity contribution < 1.29 is 9.84 Å². The van der Waals surface area contributed by atoms with Crippen LogP contribution in [-0.2, 0) is 4.74 Å². The highest BCUT2D eigenvalue weighted by Gasteiger charge is 2.29. The van der Waals surface area contributed by atoms with Gasteiger partial charge in [0.2, 0.25) is 0 Å². The average molecular weight is 117 g/mol. The predicted molar refractivity (Wildman–Crippen MR) is 29.4 cm³/mol. The molecule has 1 aliphatic heterocycles. The summed E-state index contributed by atoms with van der Waals surface area (Å²) in [5.41, 5.74) is 0. The number of hydrogen-bond acceptors (Lipinski definition) is 3. The molecule has 3 heteroatoms. The van der Waals surface area contributed by atoms with E-state index in [1.807, 2.05) is 0 Å². The van der Waals surface area contributed by atoms with Crippen LogP contribution in [0.25, 0.3) is 0 Å². The lowest BCUT2D eigenvalue weighted by Gasteiger charge is -2.17. The molecular weight excluding hydrogens is 106 g/mol. The van der Waals surface area contributed by atoms with Gasteiger partial charge in [-0.25, -0.2) is 0 Å². The normalized spacial score (nSPS) is 38.2. The summed E-state index contributed by atoms with van der Waals surface area (Å²) in [5, 5.41) is 12.2. The second-order valence-corrected chi connectivity index (χ2v) is 2.08. The Bertz CT molecular complexity index is 78.5. The van der Waals surface area contributed by atoms with E-state index in [4.69, 9.17) is 4.74 Å². The van der Waals surface area contributed by atoms with Gasteiger partial charge in [0.1, 0.15) is 0 Å². The van der Waals surface area contributed by atoms with Crippen molar-refractivity contribution in [2.24, 2.45) is 0 Å². The maximum Gasteiger partial charge on any atom is 0.178 e. The van der Waals surface area contributed by atoms with Crippen LogP contribution in [0, 0.1) is 0 Å². The lowest BCUT2D eigenvalue weighted by molar-refractivity contribution is -0.168. The van der Waals surface area contributed by atoms with Crippen LogP contribution in [0.1, 0.15) is 6.42 Å². The quantitative estimate of drug-likeness (QED) is 0.447. The van der Waals surface area contributed by atoms with Gasteiger partial charge < -0.3 is 15.2 Å². The number of methoxy groups -OCH3 is 1. The Balaban J connectivity index is 2.40. The highest BCUT2D eigenvalue weighted by atomic mass is 16.6. The molecule has 2 N–H and O–H groups in total. The Labute approximate surface area is 48.7 Å². The zero-order valence-corrected chi connectivity index (χ0v) is 4.98. The molecule has 1 heterocycles. The fourth-order valence-corrected chi connectivity index (χ4v) is 0.830. The van der Waals surface area contributed by atoms with Gasteiger partial charge >= 0.3 is 0 Å². The second kappa shape index (κ2) is 2.01. The van der Waals surface area contributed by atoms with Gasteiger partial charge in [0.25, 0.3) is 0 Å². The first-order valence-electron chi connectivity index (χ1n) is 2.75. The maximum absolute atomic E-state index is 9.22. The van der Waals surface area contributed by atoms with Gasteiger partial charge in [0.15, 0.2) is 5.79 Å². The Kier molecular flexibility index (Phi) is 1.51. The molecule has 1 saturated heterocycles. The number of ether oxygens (including phenoxy) is 1. The summed E-state index contributed by atoms with van der Waals surface area (Å²) in [4.78, 5) is 0. The van der Waals surface area contributed by atoms with E-state index >= 15 is 0 Å². The molecule has 8 heavy (non-hydrogen) atoms. The van der Waals surface area contributed by atoms with Crippen molar-refractivity contribution in [2.75, 3.05) is 20.2 Å². The van der Waals surface area contributed by atoms with Crippen LogP contribution < -0.4 is 5.32 Å². The molecule has 0 saturated carbocycles. The SMILES string of the molecule is COC1(O)CCNC1. The van der Waals surface area contributed by atoms with E-state index < -0.39 is 5.79 Å². The van der Waals surface area contributed by atoms with Gasteiger partial charge in [0, 0.05) is 26.6 Å². The molecule has 1 aliphatic rings. The first kappa shape index (κ1) is 6.01. The van der Waals surface area contributed by atoms with Gasteiger partial charge in [-0.2, -0.15) is 0 Å². The molecule has 0 aromatic carbocycles. The smallest absolute Gasteiger partial charge is 0.178 e. The van der Waals surface area contributed by atoms with Crippen molar-refractivity contribution in [3.05, 3.63) is 0 Å². The molecule has 48 valence electrons. The summed E-state index contributed by atoms with van der Waals surface area (Å²) in [6.07, 6.45) is 0.698. The predicted octanol–water partition coefficient (Wildman–Crippen LogP) is -0.685. The first-order chi connectivity index (χ1) is 3.77. The molecule has 1 rings (SSSR count). The van der Waals surface area contributed by atoms with Gasteiger partial charge in [0.05, 0.1) is 0 Å². The minimum atomic E-state index is -0.875. The Hall–Kier alpha value is -0.120. The van der Waals surface area contributed by atoms with Crippen LogP contribution in [-0.4, -0.2) is 31.1 Å². The van der Waals surface area contributed by atoms with Crippen molar-refractivity contribution in [3.63, 3.8) is 0 Å². The highest BCUT2D eigenvalue weighted by Crippen LogP contribution is 2.13. The van der Waals surface area contributed by atoms with Crippen LogP contribution in [0.5, 0.6) is 0 Å². The monoisotopic (exact) mass is 117 g/mol. The number of β-amino-alcohol motifs (C(OH)–C–C–N with tert-alkyl or cyclic N) is 1. The molecule has 1 fully saturated rings. The molecule has 3 nitrogen and oxygen atoms in total. The third-order valence-corrected chi connectivity index (χ3v) is 1.47. The molecular formula is C5H11NO2.